The second-order valence-corrected chi connectivity index (χ2v) is 5.36. The van der Waals surface area contributed by atoms with Gasteiger partial charge in [-0.15, -0.1) is 11.3 Å². The molecule has 6 heteroatoms. The number of carboxylic acid groups (broad SMARTS) is 1. The number of carbonyl (C=O) groups is 2. The van der Waals surface area contributed by atoms with Gasteiger partial charge in [0.15, 0.2) is 0 Å². The lowest BCUT2D eigenvalue weighted by Gasteiger charge is -2.20. The van der Waals surface area contributed by atoms with Gasteiger partial charge in [-0.25, -0.2) is 4.79 Å². The van der Waals surface area contributed by atoms with E-state index in [4.69, 9.17) is 5.11 Å². The van der Waals surface area contributed by atoms with Crippen molar-refractivity contribution in [2.45, 2.75) is 18.9 Å². The van der Waals surface area contributed by atoms with Crippen molar-refractivity contribution < 1.29 is 14.7 Å². The number of rotatable bonds is 2. The van der Waals surface area contributed by atoms with Crippen LogP contribution in [0.4, 0.5) is 0 Å². The second-order valence-electron chi connectivity index (χ2n) is 3.59. The number of aliphatic carboxylic acids is 1. The molecule has 0 aliphatic carbocycles. The minimum Gasteiger partial charge on any atom is -0.480 e. The van der Waals surface area contributed by atoms with Crippen LogP contribution in [0.2, 0.25) is 0 Å². The first-order valence-corrected chi connectivity index (χ1v) is 6.55. The molecule has 1 amide bonds. The summed E-state index contributed by atoms with van der Waals surface area (Å²) in [5.41, 5.74) is 0. The van der Waals surface area contributed by atoms with E-state index in [2.05, 4.69) is 15.9 Å². The molecule has 2 rings (SSSR count). The van der Waals surface area contributed by atoms with Gasteiger partial charge in [-0.1, -0.05) is 0 Å². The van der Waals surface area contributed by atoms with Gasteiger partial charge >= 0.3 is 5.97 Å². The van der Waals surface area contributed by atoms with Crippen molar-refractivity contribution in [3.63, 3.8) is 0 Å². The Bertz CT molecular complexity index is 431. The fraction of sp³-hybridized carbons (Fsp3) is 0.400. The summed E-state index contributed by atoms with van der Waals surface area (Å²) < 4.78 is 0.735. The van der Waals surface area contributed by atoms with Gasteiger partial charge in [0.2, 0.25) is 0 Å². The van der Waals surface area contributed by atoms with Gasteiger partial charge in [-0.05, 0) is 40.2 Å². The predicted octanol–water partition coefficient (Wildman–Crippen LogP) is 2.20. The summed E-state index contributed by atoms with van der Waals surface area (Å²) in [6.45, 7) is 0.528. The molecule has 0 aromatic carbocycles. The molecule has 4 nitrogen and oxygen atoms in total. The third-order valence-electron chi connectivity index (χ3n) is 2.61. The van der Waals surface area contributed by atoms with Crippen LogP contribution in [0.3, 0.4) is 0 Å². The fourth-order valence-corrected chi connectivity index (χ4v) is 3.34. The van der Waals surface area contributed by atoms with Gasteiger partial charge in [0.25, 0.3) is 5.91 Å². The summed E-state index contributed by atoms with van der Waals surface area (Å²) in [5.74, 6) is -1.11. The van der Waals surface area contributed by atoms with Crippen LogP contribution < -0.4 is 0 Å². The standard InChI is InChI=1S/C10H10BrNO3S/c11-6-3-5-16-8(6)9(13)12-4-1-2-7(12)10(14)15/h3,5,7H,1-2,4H2,(H,14,15)/t7-/m0/s1. The van der Waals surface area contributed by atoms with E-state index in [1.165, 1.54) is 16.2 Å². The first kappa shape index (κ1) is 11.6. The monoisotopic (exact) mass is 303 g/mol. The molecule has 1 aliphatic rings. The van der Waals surface area contributed by atoms with Crippen LogP contribution in [0.15, 0.2) is 15.9 Å². The van der Waals surface area contributed by atoms with Crippen LogP contribution in [0.1, 0.15) is 22.5 Å². The molecule has 0 unspecified atom stereocenters. The molecule has 1 aromatic heterocycles. The van der Waals surface area contributed by atoms with E-state index in [0.29, 0.717) is 17.8 Å². The third-order valence-corrected chi connectivity index (χ3v) is 4.44. The molecule has 0 spiro atoms. The summed E-state index contributed by atoms with van der Waals surface area (Å²) >= 11 is 4.61. The first-order chi connectivity index (χ1) is 7.61. The lowest BCUT2D eigenvalue weighted by molar-refractivity contribution is -0.141. The first-order valence-electron chi connectivity index (χ1n) is 4.88. The van der Waals surface area contributed by atoms with E-state index < -0.39 is 12.0 Å². The Hall–Kier alpha value is -0.880. The van der Waals surface area contributed by atoms with Crippen molar-refractivity contribution in [2.75, 3.05) is 6.54 Å². The molecule has 16 heavy (non-hydrogen) atoms. The van der Waals surface area contributed by atoms with Gasteiger partial charge in [0, 0.05) is 11.0 Å². The van der Waals surface area contributed by atoms with E-state index in [9.17, 15) is 9.59 Å². The average Bonchev–Trinajstić information content (AvgIpc) is 2.84. The van der Waals surface area contributed by atoms with E-state index >= 15 is 0 Å². The fourth-order valence-electron chi connectivity index (χ4n) is 1.84. The van der Waals surface area contributed by atoms with E-state index in [-0.39, 0.29) is 5.91 Å². The van der Waals surface area contributed by atoms with E-state index in [1.54, 1.807) is 6.07 Å². The molecule has 2 heterocycles. The Morgan fingerprint density at radius 3 is 2.88 bits per heavy atom. The predicted molar refractivity (Wildman–Crippen MR) is 63.7 cm³/mol. The maximum Gasteiger partial charge on any atom is 0.326 e. The van der Waals surface area contributed by atoms with Crippen molar-refractivity contribution in [3.8, 4) is 0 Å². The number of hydrogen-bond acceptors (Lipinski definition) is 3. The summed E-state index contributed by atoms with van der Waals surface area (Å²) in [7, 11) is 0. The normalized spacial score (nSPS) is 20.1. The number of halogens is 1. The minimum atomic E-state index is -0.918. The highest BCUT2D eigenvalue weighted by atomic mass is 79.9. The molecule has 1 atom stereocenters. The Morgan fingerprint density at radius 2 is 2.31 bits per heavy atom. The van der Waals surface area contributed by atoms with Crippen molar-refractivity contribution in [1.29, 1.82) is 0 Å². The van der Waals surface area contributed by atoms with Crippen LogP contribution in [0.5, 0.6) is 0 Å². The van der Waals surface area contributed by atoms with Crippen molar-refractivity contribution in [2.24, 2.45) is 0 Å². The largest absolute Gasteiger partial charge is 0.480 e. The SMILES string of the molecule is O=C(O)[C@@H]1CCCN1C(=O)c1sccc1Br. The smallest absolute Gasteiger partial charge is 0.326 e. The Balaban J connectivity index is 2.22. The van der Waals surface area contributed by atoms with E-state index in [0.717, 1.165) is 10.9 Å². The van der Waals surface area contributed by atoms with Crippen LogP contribution >= 0.6 is 27.3 Å². The minimum absolute atomic E-state index is 0.188. The highest BCUT2D eigenvalue weighted by Crippen LogP contribution is 2.27. The number of carbonyl (C=O) groups excluding carboxylic acids is 1. The molecular formula is C10H10BrNO3S. The van der Waals surface area contributed by atoms with Crippen LogP contribution in [0, 0.1) is 0 Å². The zero-order valence-corrected chi connectivity index (χ0v) is 10.8. The molecule has 0 saturated carbocycles. The van der Waals surface area contributed by atoms with Crippen LogP contribution in [-0.4, -0.2) is 34.5 Å². The molecule has 1 aliphatic heterocycles. The van der Waals surface area contributed by atoms with Gasteiger partial charge in [-0.2, -0.15) is 0 Å². The Kier molecular flexibility index (Phi) is 3.30. The molecule has 0 bridgehead atoms. The van der Waals surface area contributed by atoms with E-state index in [1.807, 2.05) is 5.38 Å². The van der Waals surface area contributed by atoms with Crippen molar-refractivity contribution in [1.82, 2.24) is 4.90 Å². The van der Waals surface area contributed by atoms with Gasteiger partial charge in [0.1, 0.15) is 10.9 Å². The number of carboxylic acids is 1. The average molecular weight is 304 g/mol. The second kappa shape index (κ2) is 4.55. The topological polar surface area (TPSA) is 57.6 Å². The molecule has 0 radical (unpaired) electrons. The molecule has 86 valence electrons. The molecular weight excluding hydrogens is 294 g/mol. The maximum atomic E-state index is 12.1. The molecule has 1 fully saturated rings. The number of hydrogen-bond donors (Lipinski definition) is 1. The third kappa shape index (κ3) is 1.99. The number of likely N-dealkylation sites (tertiary alicyclic amines) is 1. The summed E-state index contributed by atoms with van der Waals surface area (Å²) in [6, 6.07) is 1.13. The van der Waals surface area contributed by atoms with Crippen LogP contribution in [0.25, 0.3) is 0 Å². The quantitative estimate of drug-likeness (QED) is 0.911. The zero-order chi connectivity index (χ0) is 11.7. The molecule has 1 saturated heterocycles. The summed E-state index contributed by atoms with van der Waals surface area (Å²) in [6.07, 6.45) is 1.30. The van der Waals surface area contributed by atoms with Crippen molar-refractivity contribution in [3.05, 3.63) is 20.8 Å². The zero-order valence-electron chi connectivity index (χ0n) is 8.35. The highest BCUT2D eigenvalue weighted by Gasteiger charge is 2.35. The Labute approximate surface area is 105 Å². The lowest BCUT2D eigenvalue weighted by Crippen LogP contribution is -2.40. The molecule has 1 aromatic rings. The molecule has 1 N–H and O–H groups in total. The Morgan fingerprint density at radius 1 is 1.56 bits per heavy atom. The summed E-state index contributed by atoms with van der Waals surface area (Å²) in [5, 5.41) is 10.8. The number of amides is 1. The van der Waals surface area contributed by atoms with Crippen molar-refractivity contribution >= 4 is 39.1 Å². The van der Waals surface area contributed by atoms with Gasteiger partial charge in [-0.3, -0.25) is 4.79 Å². The number of thiophene rings is 1. The van der Waals surface area contributed by atoms with Gasteiger partial charge < -0.3 is 10.0 Å². The lowest BCUT2D eigenvalue weighted by atomic mass is 10.2. The highest BCUT2D eigenvalue weighted by molar-refractivity contribution is 9.10. The summed E-state index contributed by atoms with van der Waals surface area (Å²) in [4.78, 5) is 25.1. The van der Waals surface area contributed by atoms with Crippen LogP contribution in [-0.2, 0) is 4.79 Å². The van der Waals surface area contributed by atoms with Gasteiger partial charge in [0.05, 0.1) is 0 Å². The number of nitrogens with zero attached hydrogens (tertiary/aromatic N) is 1. The maximum absolute atomic E-state index is 12.1.